The number of benzene rings is 1. The quantitative estimate of drug-likeness (QED) is 0.620. The van der Waals surface area contributed by atoms with E-state index in [2.05, 4.69) is 4.98 Å². The average molecular weight is 478 g/mol. The maximum atomic E-state index is 14.4. The lowest BCUT2D eigenvalue weighted by Gasteiger charge is -2.49. The lowest BCUT2D eigenvalue weighted by atomic mass is 9.87. The van der Waals surface area contributed by atoms with Crippen LogP contribution >= 0.6 is 0 Å². The number of hydrogen-bond acceptors (Lipinski definition) is 5. The van der Waals surface area contributed by atoms with Gasteiger partial charge in [0.05, 0.1) is 23.9 Å². The van der Waals surface area contributed by atoms with E-state index in [1.165, 1.54) is 12.1 Å². The first-order chi connectivity index (χ1) is 16.2. The van der Waals surface area contributed by atoms with Crippen molar-refractivity contribution in [2.45, 2.75) is 50.9 Å². The molecule has 2 aliphatic rings. The van der Waals surface area contributed by atoms with Crippen LogP contribution in [0.5, 0.6) is 5.75 Å². The summed E-state index contributed by atoms with van der Waals surface area (Å²) in [5.74, 6) is -0.740. The van der Waals surface area contributed by atoms with E-state index in [1.807, 2.05) is 12.1 Å². The van der Waals surface area contributed by atoms with Crippen molar-refractivity contribution in [3.8, 4) is 5.75 Å². The van der Waals surface area contributed by atoms with Gasteiger partial charge in [-0.2, -0.15) is 0 Å². The summed E-state index contributed by atoms with van der Waals surface area (Å²) in [4.78, 5) is 20.8. The van der Waals surface area contributed by atoms with Gasteiger partial charge in [-0.1, -0.05) is 6.07 Å². The zero-order valence-corrected chi connectivity index (χ0v) is 19.4. The number of hydrogen-bond donors (Lipinski definition) is 0. The first-order valence-electron chi connectivity index (χ1n) is 11.6. The maximum absolute atomic E-state index is 14.4. The van der Waals surface area contributed by atoms with Gasteiger partial charge in [0.1, 0.15) is 6.10 Å². The standard InChI is InChI=1S/C25H30F3N3O3/c1-17(2)33-21-7-6-18(13-19(21)26)24(32)31-11-8-25(9-12-31)16-30(15-23(27)28)14-22(34-25)20-5-3-4-10-29-20/h3-7,10,13,17,22-23H,8-9,11-12,14-16H2,1-2H3. The predicted molar refractivity (Wildman–Crippen MR) is 121 cm³/mol. The Balaban J connectivity index is 1.45. The summed E-state index contributed by atoms with van der Waals surface area (Å²) >= 11 is 0. The second-order valence-corrected chi connectivity index (χ2v) is 9.23. The van der Waals surface area contributed by atoms with E-state index >= 15 is 0 Å². The van der Waals surface area contributed by atoms with Crippen LogP contribution in [0.4, 0.5) is 13.2 Å². The number of alkyl halides is 2. The summed E-state index contributed by atoms with van der Waals surface area (Å²) in [7, 11) is 0. The molecule has 2 aromatic rings. The van der Waals surface area contributed by atoms with E-state index in [-0.39, 0.29) is 29.9 Å². The molecule has 0 radical (unpaired) electrons. The van der Waals surface area contributed by atoms with Gasteiger partial charge >= 0.3 is 0 Å². The summed E-state index contributed by atoms with van der Waals surface area (Å²) < 4.78 is 52.6. The highest BCUT2D eigenvalue weighted by atomic mass is 19.3. The predicted octanol–water partition coefficient (Wildman–Crippen LogP) is 4.32. The second-order valence-electron chi connectivity index (χ2n) is 9.23. The van der Waals surface area contributed by atoms with Gasteiger partial charge in [0, 0.05) is 37.9 Å². The number of nitrogens with zero attached hydrogens (tertiary/aromatic N) is 3. The molecule has 9 heteroatoms. The van der Waals surface area contributed by atoms with Gasteiger partial charge in [-0.25, -0.2) is 13.2 Å². The first kappa shape index (κ1) is 24.5. The van der Waals surface area contributed by atoms with Gasteiger partial charge in [-0.3, -0.25) is 14.7 Å². The summed E-state index contributed by atoms with van der Waals surface area (Å²) in [5.41, 5.74) is 0.310. The van der Waals surface area contributed by atoms with Crippen molar-refractivity contribution in [2.24, 2.45) is 0 Å². The van der Waals surface area contributed by atoms with E-state index in [0.717, 1.165) is 0 Å². The molecule has 1 aromatic carbocycles. The molecule has 2 saturated heterocycles. The average Bonchev–Trinajstić information content (AvgIpc) is 2.80. The topological polar surface area (TPSA) is 54.9 Å². The molecule has 34 heavy (non-hydrogen) atoms. The second kappa shape index (κ2) is 10.3. The molecule has 0 bridgehead atoms. The van der Waals surface area contributed by atoms with Crippen molar-refractivity contribution < 1.29 is 27.4 Å². The summed E-state index contributed by atoms with van der Waals surface area (Å²) in [6, 6.07) is 9.72. The summed E-state index contributed by atoms with van der Waals surface area (Å²) in [6.07, 6.45) is -0.380. The Morgan fingerprint density at radius 1 is 1.24 bits per heavy atom. The Labute approximate surface area is 197 Å². The highest BCUT2D eigenvalue weighted by Gasteiger charge is 2.44. The third-order valence-corrected chi connectivity index (χ3v) is 6.25. The molecule has 1 atom stereocenters. The molecular weight excluding hydrogens is 447 g/mol. The van der Waals surface area contributed by atoms with Crippen LogP contribution < -0.4 is 4.74 Å². The van der Waals surface area contributed by atoms with Gasteiger partial charge in [0.15, 0.2) is 11.6 Å². The van der Waals surface area contributed by atoms with Crippen LogP contribution in [0.3, 0.4) is 0 Å². The normalized spacial score (nSPS) is 20.8. The number of aromatic nitrogens is 1. The van der Waals surface area contributed by atoms with Crippen LogP contribution in [0, 0.1) is 5.82 Å². The SMILES string of the molecule is CC(C)Oc1ccc(C(=O)N2CCC3(CC2)CN(CC(F)F)CC(c2ccccn2)O3)cc1F. The van der Waals surface area contributed by atoms with E-state index in [0.29, 0.717) is 44.7 Å². The van der Waals surface area contributed by atoms with E-state index in [9.17, 15) is 18.0 Å². The molecule has 1 amide bonds. The number of ether oxygens (including phenoxy) is 2. The van der Waals surface area contributed by atoms with Gasteiger partial charge in [0.25, 0.3) is 12.3 Å². The zero-order valence-electron chi connectivity index (χ0n) is 19.4. The van der Waals surface area contributed by atoms with Crippen molar-refractivity contribution in [1.82, 2.24) is 14.8 Å². The highest BCUT2D eigenvalue weighted by Crippen LogP contribution is 2.38. The third kappa shape index (κ3) is 5.70. The highest BCUT2D eigenvalue weighted by molar-refractivity contribution is 5.94. The van der Waals surface area contributed by atoms with Gasteiger partial charge < -0.3 is 14.4 Å². The van der Waals surface area contributed by atoms with Crippen LogP contribution in [0.1, 0.15) is 48.8 Å². The Morgan fingerprint density at radius 3 is 2.62 bits per heavy atom. The Kier molecular flexibility index (Phi) is 7.42. The lowest BCUT2D eigenvalue weighted by molar-refractivity contribution is -0.181. The fraction of sp³-hybridized carbons (Fsp3) is 0.520. The van der Waals surface area contributed by atoms with Crippen LogP contribution in [0.15, 0.2) is 42.6 Å². The Morgan fingerprint density at radius 2 is 2.00 bits per heavy atom. The molecule has 1 spiro atoms. The number of likely N-dealkylation sites (tertiary alicyclic amines) is 1. The number of carbonyl (C=O) groups excluding carboxylic acids is 1. The van der Waals surface area contributed by atoms with E-state index in [1.54, 1.807) is 42.0 Å². The molecule has 6 nitrogen and oxygen atoms in total. The molecule has 0 N–H and O–H groups in total. The van der Waals surface area contributed by atoms with Crippen molar-refractivity contribution in [3.05, 3.63) is 59.7 Å². The van der Waals surface area contributed by atoms with Gasteiger partial charge in [-0.05, 0) is 57.0 Å². The maximum Gasteiger partial charge on any atom is 0.253 e. The molecular formula is C25H30F3N3O3. The van der Waals surface area contributed by atoms with Crippen LogP contribution in [0.2, 0.25) is 0 Å². The van der Waals surface area contributed by atoms with Crippen molar-refractivity contribution in [2.75, 3.05) is 32.7 Å². The number of pyridine rings is 1. The number of rotatable bonds is 6. The molecule has 184 valence electrons. The van der Waals surface area contributed by atoms with Gasteiger partial charge in [0.2, 0.25) is 0 Å². The Bertz CT molecular complexity index is 982. The Hall–Kier alpha value is -2.65. The molecule has 2 fully saturated rings. The smallest absolute Gasteiger partial charge is 0.253 e. The number of morpholine rings is 1. The summed E-state index contributed by atoms with van der Waals surface area (Å²) in [6.45, 7) is 4.77. The third-order valence-electron chi connectivity index (χ3n) is 6.25. The van der Waals surface area contributed by atoms with E-state index in [4.69, 9.17) is 9.47 Å². The van der Waals surface area contributed by atoms with Crippen molar-refractivity contribution >= 4 is 5.91 Å². The molecule has 3 heterocycles. The number of amides is 1. The minimum Gasteiger partial charge on any atom is -0.488 e. The molecule has 0 saturated carbocycles. The molecule has 1 unspecified atom stereocenters. The lowest BCUT2D eigenvalue weighted by Crippen LogP contribution is -2.58. The molecule has 4 rings (SSSR count). The fourth-order valence-electron chi connectivity index (χ4n) is 4.70. The summed E-state index contributed by atoms with van der Waals surface area (Å²) in [5, 5.41) is 0. The fourth-order valence-corrected chi connectivity index (χ4v) is 4.70. The van der Waals surface area contributed by atoms with Gasteiger partial charge in [-0.15, -0.1) is 0 Å². The molecule has 1 aromatic heterocycles. The first-order valence-corrected chi connectivity index (χ1v) is 11.6. The number of halogens is 3. The monoisotopic (exact) mass is 477 g/mol. The van der Waals surface area contributed by atoms with Crippen LogP contribution in [-0.2, 0) is 4.74 Å². The number of carbonyl (C=O) groups is 1. The van der Waals surface area contributed by atoms with Crippen LogP contribution in [0.25, 0.3) is 0 Å². The zero-order chi connectivity index (χ0) is 24.3. The van der Waals surface area contributed by atoms with E-state index < -0.39 is 23.9 Å². The minimum atomic E-state index is -2.45. The van der Waals surface area contributed by atoms with Crippen molar-refractivity contribution in [1.29, 1.82) is 0 Å². The molecule has 0 aliphatic carbocycles. The van der Waals surface area contributed by atoms with Crippen molar-refractivity contribution in [3.63, 3.8) is 0 Å². The van der Waals surface area contributed by atoms with Crippen LogP contribution in [-0.4, -0.2) is 71.5 Å². The minimum absolute atomic E-state index is 0.111. The molecule has 2 aliphatic heterocycles. The number of piperidine rings is 1. The largest absolute Gasteiger partial charge is 0.488 e.